The van der Waals surface area contributed by atoms with Crippen LogP contribution in [0, 0.1) is 23.2 Å². The molecule has 3 heterocycles. The summed E-state index contributed by atoms with van der Waals surface area (Å²) in [7, 11) is 0. The highest BCUT2D eigenvalue weighted by atomic mass is 32.2. The standard InChI is InChI=1S/C61H91F3N8O10S/c1-39(12-8-26-58(3,4)79)46-22-23-47-41(13-9-27-59(46,47)5)16-17-43-36-45(73)37-49(40(43)2)67-53(75)25-24-48(68-55(76)42-18-20-44(21-19-42)60(71-72-60)61(62,63)64)56(77)66-29-11-31-81-33-35-82-34-32-80-30-10-28-65-52(74)15-7-6-14-51-54-50(38-83-51)69-57(78)70-54/h16-21,39,45-51,54,73,79H,2,6-15,22-38H2,1,3-5H3,(H,65,74)(H,66,77)(H,67,75)(H,68,76)(H2,69,70,78)/b41-16+,43-17-/t39-,45-,46-,47+,48?,49+,50+,51?,54+,59-/m1/s1. The number of carbonyl (C=O) groups is 5. The largest absolute Gasteiger partial charge is 0.442 e. The van der Waals surface area contributed by atoms with E-state index in [0.717, 1.165) is 81.2 Å². The molecule has 83 heavy (non-hydrogen) atoms. The summed E-state index contributed by atoms with van der Waals surface area (Å²) in [6, 6.07) is 3.19. The number of hydrogen-bond acceptors (Lipinski definition) is 13. The molecule has 3 aliphatic heterocycles. The third-order valence-electron chi connectivity index (χ3n) is 17.7. The number of thioether (sulfide) groups is 1. The van der Waals surface area contributed by atoms with E-state index in [1.165, 1.54) is 30.5 Å². The Morgan fingerprint density at radius 2 is 1.58 bits per heavy atom. The quantitative estimate of drug-likeness (QED) is 0.0245. The van der Waals surface area contributed by atoms with Crippen LogP contribution in [0.5, 0.6) is 0 Å². The van der Waals surface area contributed by atoms with Gasteiger partial charge in [0.05, 0.1) is 56.3 Å². The van der Waals surface area contributed by atoms with E-state index in [0.29, 0.717) is 100 Å². The second-order valence-electron chi connectivity index (χ2n) is 24.5. The number of allylic oxidation sites excluding steroid dienone is 3. The third kappa shape index (κ3) is 18.8. The Morgan fingerprint density at radius 3 is 2.25 bits per heavy atom. The summed E-state index contributed by atoms with van der Waals surface area (Å²) in [6.07, 6.45) is 12.0. The second-order valence-corrected chi connectivity index (χ2v) is 25.8. The molecule has 462 valence electrons. The van der Waals surface area contributed by atoms with E-state index in [4.69, 9.17) is 14.2 Å². The van der Waals surface area contributed by atoms with Crippen molar-refractivity contribution in [1.29, 1.82) is 0 Å². The molecular weight excluding hydrogens is 1090 g/mol. The molecule has 0 spiro atoms. The van der Waals surface area contributed by atoms with Gasteiger partial charge < -0.3 is 56.3 Å². The molecule has 0 bridgehead atoms. The van der Waals surface area contributed by atoms with Gasteiger partial charge in [0.15, 0.2) is 0 Å². The van der Waals surface area contributed by atoms with Crippen molar-refractivity contribution < 1.29 is 61.6 Å². The third-order valence-corrected chi connectivity index (χ3v) is 19.2. The smallest absolute Gasteiger partial charge is 0.393 e. The summed E-state index contributed by atoms with van der Waals surface area (Å²) in [6.45, 7) is 15.8. The fourth-order valence-corrected chi connectivity index (χ4v) is 14.6. The number of ether oxygens (including phenoxy) is 3. The van der Waals surface area contributed by atoms with Crippen molar-refractivity contribution in [3.63, 3.8) is 0 Å². The van der Waals surface area contributed by atoms with E-state index >= 15 is 0 Å². The monoisotopic (exact) mass is 1180 g/mol. The molecule has 2 unspecified atom stereocenters. The minimum atomic E-state index is -4.74. The topological polar surface area (TPSA) is 250 Å². The molecule has 8 N–H and O–H groups in total. The van der Waals surface area contributed by atoms with Gasteiger partial charge in [-0.1, -0.05) is 69.5 Å². The van der Waals surface area contributed by atoms with Crippen LogP contribution in [0.3, 0.4) is 0 Å². The highest BCUT2D eigenvalue weighted by Crippen LogP contribution is 2.60. The van der Waals surface area contributed by atoms with Gasteiger partial charge in [0.25, 0.3) is 5.91 Å². The molecule has 3 saturated carbocycles. The zero-order chi connectivity index (χ0) is 59.8. The number of aliphatic hydroxyl groups is 2. The van der Waals surface area contributed by atoms with Crippen molar-refractivity contribution in [2.24, 2.45) is 33.4 Å². The van der Waals surface area contributed by atoms with Crippen LogP contribution >= 0.6 is 11.8 Å². The lowest BCUT2D eigenvalue weighted by atomic mass is 9.60. The van der Waals surface area contributed by atoms with Gasteiger partial charge in [-0.2, -0.15) is 24.9 Å². The first kappa shape index (κ1) is 65.7. The Balaban J connectivity index is 0.805. The number of hydrogen-bond donors (Lipinski definition) is 8. The Morgan fingerprint density at radius 1 is 0.892 bits per heavy atom. The van der Waals surface area contributed by atoms with Crippen LogP contribution in [-0.4, -0.2) is 146 Å². The van der Waals surface area contributed by atoms with Crippen LogP contribution in [0.25, 0.3) is 0 Å². The van der Waals surface area contributed by atoms with Crippen LogP contribution in [0.1, 0.15) is 159 Å². The number of unbranched alkanes of at least 4 members (excludes halogenated alkanes) is 1. The Labute approximate surface area is 492 Å². The van der Waals surface area contributed by atoms with Crippen LogP contribution in [0.2, 0.25) is 0 Å². The number of nitrogens with one attached hydrogen (secondary N) is 6. The zero-order valence-electron chi connectivity index (χ0n) is 49.1. The number of fused-ring (bicyclic) bond motifs is 2. The first-order chi connectivity index (χ1) is 39.6. The van der Waals surface area contributed by atoms with Crippen molar-refractivity contribution >= 4 is 41.4 Å². The second kappa shape index (κ2) is 30.5. The molecule has 7 rings (SSSR count). The average Bonchev–Trinajstić information content (AvgIpc) is 2.91. The van der Waals surface area contributed by atoms with Gasteiger partial charge in [-0.3, -0.25) is 19.2 Å². The lowest BCUT2D eigenvalue weighted by Gasteiger charge is -2.44. The Hall–Kier alpha value is -4.87. The average molecular weight is 1190 g/mol. The highest BCUT2D eigenvalue weighted by molar-refractivity contribution is 8.00. The molecule has 6 aliphatic rings. The Bertz CT molecular complexity index is 2470. The van der Waals surface area contributed by atoms with Gasteiger partial charge in [0.2, 0.25) is 17.7 Å². The maximum atomic E-state index is 13.7. The fraction of sp³-hybridized carbons (Fsp3) is 0.721. The predicted octanol–water partition coefficient (Wildman–Crippen LogP) is 8.38. The first-order valence-electron chi connectivity index (χ1n) is 30.2. The number of urea groups is 1. The number of rotatable bonds is 33. The van der Waals surface area contributed by atoms with E-state index in [-0.39, 0.29) is 66.4 Å². The molecule has 22 heteroatoms. The van der Waals surface area contributed by atoms with Crippen molar-refractivity contribution in [1.82, 2.24) is 31.9 Å². The molecule has 5 fully saturated rings. The Kier molecular flexibility index (Phi) is 24.1. The van der Waals surface area contributed by atoms with Crippen molar-refractivity contribution in [3.8, 4) is 0 Å². The number of carbonyl (C=O) groups excluding carboxylic acids is 5. The summed E-state index contributed by atoms with van der Waals surface area (Å²) in [5.74, 6) is 0.885. The van der Waals surface area contributed by atoms with Crippen LogP contribution in [0.4, 0.5) is 18.0 Å². The highest BCUT2D eigenvalue weighted by Gasteiger charge is 2.65. The predicted molar refractivity (Wildman–Crippen MR) is 311 cm³/mol. The number of aliphatic hydroxyl groups excluding tert-OH is 1. The minimum Gasteiger partial charge on any atom is -0.393 e. The summed E-state index contributed by atoms with van der Waals surface area (Å²) in [5.41, 5.74) is -0.370. The molecule has 1 aromatic rings. The van der Waals surface area contributed by atoms with E-state index in [1.807, 2.05) is 25.6 Å². The van der Waals surface area contributed by atoms with Crippen LogP contribution < -0.4 is 31.9 Å². The van der Waals surface area contributed by atoms with E-state index in [1.54, 1.807) is 0 Å². The summed E-state index contributed by atoms with van der Waals surface area (Å²) >= 11 is 1.88. The summed E-state index contributed by atoms with van der Waals surface area (Å²) < 4.78 is 57.9. The maximum Gasteiger partial charge on any atom is 0.442 e. The van der Waals surface area contributed by atoms with E-state index in [9.17, 15) is 47.4 Å². The summed E-state index contributed by atoms with van der Waals surface area (Å²) in [4.78, 5) is 64.7. The van der Waals surface area contributed by atoms with Crippen molar-refractivity contribution in [2.75, 3.05) is 58.5 Å². The molecule has 18 nitrogen and oxygen atoms in total. The molecular formula is C61H91F3N8O10S. The number of alkyl halides is 3. The van der Waals surface area contributed by atoms with Gasteiger partial charge in [-0.15, -0.1) is 10.2 Å². The van der Waals surface area contributed by atoms with E-state index in [2.05, 4.69) is 74.7 Å². The van der Waals surface area contributed by atoms with Gasteiger partial charge in [0.1, 0.15) is 6.04 Å². The van der Waals surface area contributed by atoms with Crippen molar-refractivity contribution in [2.45, 2.75) is 196 Å². The zero-order valence-corrected chi connectivity index (χ0v) is 49.9. The first-order valence-corrected chi connectivity index (χ1v) is 31.3. The fourth-order valence-electron chi connectivity index (χ4n) is 13.1. The van der Waals surface area contributed by atoms with Crippen molar-refractivity contribution in [3.05, 3.63) is 70.8 Å². The molecule has 6 amide bonds. The summed E-state index contributed by atoms with van der Waals surface area (Å²) in [5, 5.41) is 45.5. The molecule has 10 atom stereocenters. The van der Waals surface area contributed by atoms with Crippen LogP contribution in [-0.2, 0) is 34.3 Å². The van der Waals surface area contributed by atoms with Gasteiger partial charge in [-0.05, 0) is 144 Å². The molecule has 3 aliphatic carbocycles. The SMILES string of the molecule is C=C1/C(=C\C=C2/CCC[C@]3(C)[C@@H]([C@H](C)CCCC(C)(C)O)CC[C@@H]23)C[C@@H](O)C[C@@H]1NC(=O)CCC(NC(=O)c1ccc(C2(C(F)(F)F)N=N2)cc1)C(=O)NCCCOCCOCCOCCCNC(=O)CCCCC1SC[C@@H]2NC(=O)N[C@H]12. The van der Waals surface area contributed by atoms with Gasteiger partial charge >= 0.3 is 17.9 Å². The van der Waals surface area contributed by atoms with Crippen LogP contribution in [0.15, 0.2) is 69.9 Å². The van der Waals surface area contributed by atoms with E-state index < -0.39 is 53.3 Å². The van der Waals surface area contributed by atoms with Gasteiger partial charge in [-0.25, -0.2) is 4.79 Å². The molecule has 0 radical (unpaired) electrons. The number of nitrogens with zero attached hydrogens (tertiary/aromatic N) is 2. The number of benzene rings is 1. The number of halogens is 3. The lowest BCUT2D eigenvalue weighted by Crippen LogP contribution is -2.48. The lowest BCUT2D eigenvalue weighted by molar-refractivity contribution is -0.166. The maximum absolute atomic E-state index is 13.7. The van der Waals surface area contributed by atoms with Gasteiger partial charge in [0, 0.05) is 61.3 Å². The minimum absolute atomic E-state index is 0.00611. The normalized spacial score (nSPS) is 27.1. The number of amides is 6. The molecule has 2 saturated heterocycles. The molecule has 0 aromatic heterocycles. The molecule has 1 aromatic carbocycles.